The summed E-state index contributed by atoms with van der Waals surface area (Å²) in [4.78, 5) is 7.74. The van der Waals surface area contributed by atoms with Crippen molar-refractivity contribution in [3.8, 4) is 11.1 Å². The molecule has 0 saturated heterocycles. The lowest BCUT2D eigenvalue weighted by molar-refractivity contribution is 0.443. The predicted octanol–water partition coefficient (Wildman–Crippen LogP) is 14.7. The zero-order chi connectivity index (χ0) is 36.5. The van der Waals surface area contributed by atoms with Gasteiger partial charge in [-0.25, -0.2) is 0 Å². The zero-order valence-electron chi connectivity index (χ0n) is 31.4. The lowest BCUT2D eigenvalue weighted by Gasteiger charge is -2.31. The van der Waals surface area contributed by atoms with Crippen molar-refractivity contribution in [3.63, 3.8) is 0 Å². The molecule has 0 aromatic heterocycles. The van der Waals surface area contributed by atoms with Crippen LogP contribution in [-0.2, 0) is 6.42 Å². The summed E-state index contributed by atoms with van der Waals surface area (Å²) in [7, 11) is -1.12. The highest BCUT2D eigenvalue weighted by Crippen LogP contribution is 2.67. The van der Waals surface area contributed by atoms with Gasteiger partial charge in [0.2, 0.25) is 0 Å². The van der Waals surface area contributed by atoms with Crippen LogP contribution in [0.5, 0.6) is 0 Å². The smallest absolute Gasteiger partial charge is 0.0472 e. The van der Waals surface area contributed by atoms with Crippen molar-refractivity contribution >= 4 is 44.2 Å². The maximum atomic E-state index is 2.48. The second-order valence-electron chi connectivity index (χ2n) is 15.3. The van der Waals surface area contributed by atoms with Crippen LogP contribution in [0.2, 0.25) is 0 Å². The minimum Gasteiger partial charge on any atom is -0.311 e. The lowest BCUT2D eigenvalue weighted by Crippen LogP contribution is -2.11. The van der Waals surface area contributed by atoms with Crippen LogP contribution >= 0.6 is 10.0 Å². The Morgan fingerprint density at radius 2 is 0.870 bits per heavy atom. The monoisotopic (exact) mass is 720 g/mol. The SMILES string of the molecule is CS1(C)c2ccccc2-c2ccc(N(c3ccc(Cc4ccc(N(c5ccccc5)c5ccccc5)cc4)cc3)c3ccc(C4CCCCC4)cc3)cc21. The van der Waals surface area contributed by atoms with Gasteiger partial charge in [0.15, 0.2) is 0 Å². The van der Waals surface area contributed by atoms with Crippen LogP contribution in [0.25, 0.3) is 11.1 Å². The first-order chi connectivity index (χ1) is 26.5. The summed E-state index contributed by atoms with van der Waals surface area (Å²) in [6, 6.07) is 65.2. The largest absolute Gasteiger partial charge is 0.311 e. The molecule has 54 heavy (non-hydrogen) atoms. The van der Waals surface area contributed by atoms with E-state index in [1.807, 2.05) is 0 Å². The number of nitrogens with zero attached hydrogens (tertiary/aromatic N) is 2. The molecule has 1 aliphatic heterocycles. The third-order valence-corrected chi connectivity index (χ3v) is 14.4. The van der Waals surface area contributed by atoms with E-state index in [-0.39, 0.29) is 0 Å². The molecule has 268 valence electrons. The molecule has 0 amide bonds. The molecule has 0 bridgehead atoms. The Kier molecular flexibility index (Phi) is 9.34. The Hall–Kier alpha value is -5.51. The second kappa shape index (κ2) is 14.7. The molecular formula is C51H48N2S. The first-order valence-corrected chi connectivity index (χ1v) is 21.9. The Bertz CT molecular complexity index is 2300. The van der Waals surface area contributed by atoms with Gasteiger partial charge in [-0.05, 0) is 144 Å². The van der Waals surface area contributed by atoms with Crippen LogP contribution in [0.1, 0.15) is 54.7 Å². The van der Waals surface area contributed by atoms with Crippen LogP contribution in [0.15, 0.2) is 186 Å². The molecule has 0 atom stereocenters. The van der Waals surface area contributed by atoms with Gasteiger partial charge in [0.05, 0.1) is 0 Å². The summed E-state index contributed by atoms with van der Waals surface area (Å²) >= 11 is 0. The number of hydrogen-bond acceptors (Lipinski definition) is 2. The number of benzene rings is 7. The highest BCUT2D eigenvalue weighted by atomic mass is 32.3. The van der Waals surface area contributed by atoms with E-state index < -0.39 is 10.0 Å². The summed E-state index contributed by atoms with van der Waals surface area (Å²) in [6.07, 6.45) is 12.5. The molecule has 1 saturated carbocycles. The van der Waals surface area contributed by atoms with Crippen molar-refractivity contribution < 1.29 is 0 Å². The summed E-state index contributed by atoms with van der Waals surface area (Å²) in [5.41, 5.74) is 13.9. The summed E-state index contributed by atoms with van der Waals surface area (Å²) in [6.45, 7) is 0. The van der Waals surface area contributed by atoms with E-state index in [1.54, 1.807) is 0 Å². The van der Waals surface area contributed by atoms with E-state index in [0.717, 1.165) is 23.5 Å². The normalized spacial score (nSPS) is 15.2. The molecule has 2 nitrogen and oxygen atoms in total. The van der Waals surface area contributed by atoms with Gasteiger partial charge < -0.3 is 9.80 Å². The summed E-state index contributed by atoms with van der Waals surface area (Å²) < 4.78 is 0. The average Bonchev–Trinajstić information content (AvgIpc) is 3.46. The molecular weight excluding hydrogens is 673 g/mol. The topological polar surface area (TPSA) is 6.48 Å². The lowest BCUT2D eigenvalue weighted by atomic mass is 9.84. The van der Waals surface area contributed by atoms with Gasteiger partial charge in [-0.2, -0.15) is 10.0 Å². The molecule has 0 unspecified atom stereocenters. The van der Waals surface area contributed by atoms with Crippen molar-refractivity contribution in [2.24, 2.45) is 0 Å². The quantitative estimate of drug-likeness (QED) is 0.146. The molecule has 0 N–H and O–H groups in total. The minimum absolute atomic E-state index is 0.692. The fourth-order valence-corrected chi connectivity index (χ4v) is 11.2. The van der Waals surface area contributed by atoms with Crippen LogP contribution in [0, 0.1) is 0 Å². The zero-order valence-corrected chi connectivity index (χ0v) is 32.2. The summed E-state index contributed by atoms with van der Waals surface area (Å²) in [5, 5.41) is 0. The minimum atomic E-state index is -1.12. The van der Waals surface area contributed by atoms with Crippen LogP contribution in [-0.4, -0.2) is 12.5 Å². The molecule has 0 radical (unpaired) electrons. The number of para-hydroxylation sites is 2. The van der Waals surface area contributed by atoms with Gasteiger partial charge >= 0.3 is 0 Å². The van der Waals surface area contributed by atoms with E-state index in [9.17, 15) is 0 Å². The summed E-state index contributed by atoms with van der Waals surface area (Å²) in [5.74, 6) is 0.692. The third-order valence-electron chi connectivity index (χ3n) is 11.6. The van der Waals surface area contributed by atoms with Crippen molar-refractivity contribution in [1.82, 2.24) is 0 Å². The first-order valence-electron chi connectivity index (χ1n) is 19.5. The fourth-order valence-electron chi connectivity index (χ4n) is 8.69. The Morgan fingerprint density at radius 3 is 1.44 bits per heavy atom. The Labute approximate surface area is 323 Å². The van der Waals surface area contributed by atoms with Gasteiger partial charge in [-0.3, -0.25) is 0 Å². The van der Waals surface area contributed by atoms with Gasteiger partial charge in [0.25, 0.3) is 0 Å². The average molecular weight is 721 g/mol. The van der Waals surface area contributed by atoms with Crippen molar-refractivity contribution in [3.05, 3.63) is 193 Å². The van der Waals surface area contributed by atoms with Gasteiger partial charge in [-0.15, -0.1) is 0 Å². The maximum Gasteiger partial charge on any atom is 0.0472 e. The van der Waals surface area contributed by atoms with E-state index in [2.05, 4.69) is 198 Å². The van der Waals surface area contributed by atoms with Crippen molar-refractivity contribution in [2.75, 3.05) is 22.3 Å². The van der Waals surface area contributed by atoms with E-state index in [4.69, 9.17) is 0 Å². The van der Waals surface area contributed by atoms with Crippen molar-refractivity contribution in [1.29, 1.82) is 0 Å². The Balaban J connectivity index is 1.01. The van der Waals surface area contributed by atoms with Crippen LogP contribution in [0.3, 0.4) is 0 Å². The first kappa shape index (κ1) is 34.3. The molecule has 1 aliphatic carbocycles. The molecule has 0 spiro atoms. The van der Waals surface area contributed by atoms with E-state index in [0.29, 0.717) is 5.92 Å². The number of anilines is 6. The molecule has 2 aliphatic rings. The van der Waals surface area contributed by atoms with E-state index in [1.165, 1.54) is 86.8 Å². The fraction of sp³-hybridized carbons (Fsp3) is 0.176. The van der Waals surface area contributed by atoms with Gasteiger partial charge in [-0.1, -0.05) is 116 Å². The van der Waals surface area contributed by atoms with Gasteiger partial charge in [0.1, 0.15) is 0 Å². The number of fused-ring (bicyclic) bond motifs is 3. The highest BCUT2D eigenvalue weighted by Gasteiger charge is 2.32. The molecule has 9 rings (SSSR count). The predicted molar refractivity (Wildman–Crippen MR) is 232 cm³/mol. The second-order valence-corrected chi connectivity index (χ2v) is 18.8. The molecule has 7 aromatic carbocycles. The van der Waals surface area contributed by atoms with Gasteiger partial charge in [0, 0.05) is 43.9 Å². The molecule has 7 aromatic rings. The number of rotatable bonds is 9. The van der Waals surface area contributed by atoms with Crippen LogP contribution in [0.4, 0.5) is 34.1 Å². The number of hydrogen-bond donors (Lipinski definition) is 0. The standard InChI is InChI=1S/C51H48N2S/c1-54(2)50-21-13-12-20-48(50)49-35-34-47(37-51(49)54)53(46-32-26-41(27-33-46)40-14-6-3-7-15-40)45-30-24-39(25-31-45)36-38-22-28-44(29-23-38)52(42-16-8-4-9-17-42)43-18-10-5-11-19-43/h4-5,8-13,16-35,37,40H,3,6-7,14-15,36H2,1-2H3. The highest BCUT2D eigenvalue weighted by molar-refractivity contribution is 8.33. The molecule has 3 heteroatoms. The van der Waals surface area contributed by atoms with Crippen LogP contribution < -0.4 is 9.80 Å². The maximum absolute atomic E-state index is 2.48. The van der Waals surface area contributed by atoms with E-state index >= 15 is 0 Å². The Morgan fingerprint density at radius 1 is 0.426 bits per heavy atom. The van der Waals surface area contributed by atoms with Crippen molar-refractivity contribution in [2.45, 2.75) is 54.2 Å². The molecule has 1 heterocycles. The third kappa shape index (κ3) is 6.63. The molecule has 1 fully saturated rings.